The summed E-state index contributed by atoms with van der Waals surface area (Å²) in [4.78, 5) is 16.4. The van der Waals surface area contributed by atoms with E-state index in [4.69, 9.17) is 0 Å². The Morgan fingerprint density at radius 3 is 2.77 bits per heavy atom. The molecule has 0 radical (unpaired) electrons. The van der Waals surface area contributed by atoms with Crippen LogP contribution >= 0.6 is 0 Å². The van der Waals surface area contributed by atoms with E-state index in [-0.39, 0.29) is 6.03 Å². The third-order valence-corrected chi connectivity index (χ3v) is 3.27. The molecule has 0 fully saturated rings. The van der Waals surface area contributed by atoms with Crippen molar-refractivity contribution in [1.82, 2.24) is 19.9 Å². The minimum atomic E-state index is -0.266. The van der Waals surface area contributed by atoms with Gasteiger partial charge in [0.2, 0.25) is 0 Å². The quantitative estimate of drug-likeness (QED) is 0.777. The molecule has 0 saturated heterocycles. The molecule has 0 unspecified atom stereocenters. The Kier molecular flexibility index (Phi) is 4.00. The van der Waals surface area contributed by atoms with E-state index in [0.29, 0.717) is 17.9 Å². The first kappa shape index (κ1) is 14.1. The Hall–Kier alpha value is -2.89. The maximum absolute atomic E-state index is 12.0. The van der Waals surface area contributed by atoms with Gasteiger partial charge in [0.1, 0.15) is 0 Å². The molecule has 2 heterocycles. The molecular weight excluding hydrogens is 278 g/mol. The van der Waals surface area contributed by atoms with Gasteiger partial charge in [-0.25, -0.2) is 14.3 Å². The smallest absolute Gasteiger partial charge is 0.319 e. The minimum Gasteiger partial charge on any atom is -0.334 e. The highest BCUT2D eigenvalue weighted by Crippen LogP contribution is 2.14. The Morgan fingerprint density at radius 2 is 2.00 bits per heavy atom. The standard InChI is InChI=1S/C16H17N5O/c1-2-14-19-15-13(9-6-10-21(15)20-14)18-16(22)17-11-12-7-4-3-5-8-12/h3-10H,2,11H2,1H3,(H2,17,18,22). The van der Waals surface area contributed by atoms with Crippen molar-refractivity contribution in [3.8, 4) is 0 Å². The third kappa shape index (κ3) is 3.06. The predicted molar refractivity (Wildman–Crippen MR) is 84.7 cm³/mol. The summed E-state index contributed by atoms with van der Waals surface area (Å²) >= 11 is 0. The van der Waals surface area contributed by atoms with E-state index in [0.717, 1.165) is 17.8 Å². The number of hydrogen-bond acceptors (Lipinski definition) is 3. The van der Waals surface area contributed by atoms with E-state index in [9.17, 15) is 4.79 Å². The number of nitrogens with zero attached hydrogens (tertiary/aromatic N) is 3. The minimum absolute atomic E-state index is 0.266. The monoisotopic (exact) mass is 295 g/mol. The van der Waals surface area contributed by atoms with Crippen LogP contribution in [0, 0.1) is 0 Å². The van der Waals surface area contributed by atoms with Crippen LogP contribution in [0.15, 0.2) is 48.7 Å². The zero-order chi connectivity index (χ0) is 15.4. The molecule has 0 atom stereocenters. The van der Waals surface area contributed by atoms with Crippen molar-refractivity contribution >= 4 is 17.4 Å². The van der Waals surface area contributed by atoms with Gasteiger partial charge in [-0.15, -0.1) is 0 Å². The van der Waals surface area contributed by atoms with Crippen molar-refractivity contribution in [2.45, 2.75) is 19.9 Å². The van der Waals surface area contributed by atoms with Crippen molar-refractivity contribution in [3.63, 3.8) is 0 Å². The molecule has 6 heteroatoms. The molecular formula is C16H17N5O. The molecule has 2 aromatic heterocycles. The Bertz CT molecular complexity index is 782. The number of pyridine rings is 1. The first-order valence-electron chi connectivity index (χ1n) is 7.19. The SMILES string of the molecule is CCc1nc2c(NC(=O)NCc3ccccc3)cccn2n1. The number of benzene rings is 1. The molecule has 6 nitrogen and oxygen atoms in total. The number of fused-ring (bicyclic) bond motifs is 1. The number of aromatic nitrogens is 3. The molecule has 22 heavy (non-hydrogen) atoms. The zero-order valence-corrected chi connectivity index (χ0v) is 12.3. The Balaban J connectivity index is 1.70. The van der Waals surface area contributed by atoms with Crippen LogP contribution in [0.2, 0.25) is 0 Å². The predicted octanol–water partition coefficient (Wildman–Crippen LogP) is 2.61. The number of carbonyl (C=O) groups excluding carboxylic acids is 1. The summed E-state index contributed by atoms with van der Waals surface area (Å²) < 4.78 is 1.67. The molecule has 0 bridgehead atoms. The van der Waals surface area contributed by atoms with Crippen LogP contribution in [0.25, 0.3) is 5.65 Å². The van der Waals surface area contributed by atoms with Gasteiger partial charge in [-0.2, -0.15) is 5.10 Å². The number of anilines is 1. The van der Waals surface area contributed by atoms with Crippen molar-refractivity contribution in [1.29, 1.82) is 0 Å². The summed E-state index contributed by atoms with van der Waals surface area (Å²) in [6.07, 6.45) is 2.57. The van der Waals surface area contributed by atoms with Crippen molar-refractivity contribution in [3.05, 3.63) is 60.0 Å². The topological polar surface area (TPSA) is 71.3 Å². The second-order valence-corrected chi connectivity index (χ2v) is 4.86. The lowest BCUT2D eigenvalue weighted by molar-refractivity contribution is 0.252. The van der Waals surface area contributed by atoms with Gasteiger partial charge in [-0.3, -0.25) is 0 Å². The largest absolute Gasteiger partial charge is 0.334 e. The summed E-state index contributed by atoms with van der Waals surface area (Å²) in [5.74, 6) is 0.749. The fourth-order valence-corrected chi connectivity index (χ4v) is 2.14. The van der Waals surface area contributed by atoms with Crippen LogP contribution in [0.3, 0.4) is 0 Å². The molecule has 2 N–H and O–H groups in total. The first-order chi connectivity index (χ1) is 10.8. The number of hydrogen-bond donors (Lipinski definition) is 2. The van der Waals surface area contributed by atoms with Crippen molar-refractivity contribution in [2.75, 3.05) is 5.32 Å². The van der Waals surface area contributed by atoms with Crippen molar-refractivity contribution < 1.29 is 4.79 Å². The molecule has 0 saturated carbocycles. The summed E-state index contributed by atoms with van der Waals surface area (Å²) in [5.41, 5.74) is 2.33. The molecule has 1 aromatic carbocycles. The number of aryl methyl sites for hydroxylation is 1. The fraction of sp³-hybridized carbons (Fsp3) is 0.188. The van der Waals surface area contributed by atoms with Crippen LogP contribution in [0.5, 0.6) is 0 Å². The summed E-state index contributed by atoms with van der Waals surface area (Å²) in [5, 5.41) is 9.97. The molecule has 0 spiro atoms. The van der Waals surface area contributed by atoms with Gasteiger partial charge < -0.3 is 10.6 Å². The molecule has 0 aliphatic carbocycles. The van der Waals surface area contributed by atoms with Gasteiger partial charge in [0.15, 0.2) is 11.5 Å². The van der Waals surface area contributed by atoms with Gasteiger partial charge in [-0.1, -0.05) is 37.3 Å². The van der Waals surface area contributed by atoms with E-state index in [1.165, 1.54) is 0 Å². The normalized spacial score (nSPS) is 10.6. The summed E-state index contributed by atoms with van der Waals surface area (Å²) in [6, 6.07) is 13.1. The van der Waals surface area contributed by atoms with E-state index in [1.807, 2.05) is 55.6 Å². The third-order valence-electron chi connectivity index (χ3n) is 3.27. The molecule has 3 aromatic rings. The van der Waals surface area contributed by atoms with E-state index >= 15 is 0 Å². The van der Waals surface area contributed by atoms with Crippen LogP contribution in [0.1, 0.15) is 18.3 Å². The molecule has 0 aliphatic rings. The van der Waals surface area contributed by atoms with Gasteiger partial charge >= 0.3 is 6.03 Å². The number of carbonyl (C=O) groups is 1. The summed E-state index contributed by atoms with van der Waals surface area (Å²) in [6.45, 7) is 2.47. The zero-order valence-electron chi connectivity index (χ0n) is 12.3. The van der Waals surface area contributed by atoms with Gasteiger partial charge in [0.25, 0.3) is 0 Å². The van der Waals surface area contributed by atoms with Crippen LogP contribution in [0.4, 0.5) is 10.5 Å². The number of rotatable bonds is 4. The van der Waals surface area contributed by atoms with Crippen LogP contribution in [-0.4, -0.2) is 20.6 Å². The Labute approximate surface area is 128 Å². The van der Waals surface area contributed by atoms with Gasteiger partial charge in [0, 0.05) is 19.2 Å². The highest BCUT2D eigenvalue weighted by Gasteiger charge is 2.09. The number of urea groups is 1. The second kappa shape index (κ2) is 6.26. The fourth-order valence-electron chi connectivity index (χ4n) is 2.14. The maximum atomic E-state index is 12.0. The van der Waals surface area contributed by atoms with Crippen LogP contribution < -0.4 is 10.6 Å². The van der Waals surface area contributed by atoms with Crippen LogP contribution in [-0.2, 0) is 13.0 Å². The molecule has 112 valence electrons. The van der Waals surface area contributed by atoms with E-state index in [2.05, 4.69) is 20.7 Å². The van der Waals surface area contributed by atoms with Crippen molar-refractivity contribution in [2.24, 2.45) is 0 Å². The average molecular weight is 295 g/mol. The molecule has 2 amide bonds. The number of nitrogens with one attached hydrogen (secondary N) is 2. The van der Waals surface area contributed by atoms with E-state index < -0.39 is 0 Å². The highest BCUT2D eigenvalue weighted by molar-refractivity contribution is 5.92. The van der Waals surface area contributed by atoms with Gasteiger partial charge in [-0.05, 0) is 17.7 Å². The lowest BCUT2D eigenvalue weighted by atomic mass is 10.2. The lowest BCUT2D eigenvalue weighted by Crippen LogP contribution is -2.28. The summed E-state index contributed by atoms with van der Waals surface area (Å²) in [7, 11) is 0. The Morgan fingerprint density at radius 1 is 1.18 bits per heavy atom. The first-order valence-corrected chi connectivity index (χ1v) is 7.19. The van der Waals surface area contributed by atoms with Gasteiger partial charge in [0.05, 0.1) is 5.69 Å². The molecule has 0 aliphatic heterocycles. The maximum Gasteiger partial charge on any atom is 0.319 e. The number of amides is 2. The average Bonchev–Trinajstić information content (AvgIpc) is 2.98. The lowest BCUT2D eigenvalue weighted by Gasteiger charge is -2.08. The second-order valence-electron chi connectivity index (χ2n) is 4.86. The molecule has 3 rings (SSSR count). The van der Waals surface area contributed by atoms with E-state index in [1.54, 1.807) is 4.52 Å². The highest BCUT2D eigenvalue weighted by atomic mass is 16.2.